The van der Waals surface area contributed by atoms with Crippen LogP contribution < -0.4 is 20.7 Å². The number of hydrogen-bond acceptors (Lipinski definition) is 6. The highest BCUT2D eigenvalue weighted by atomic mass is 16.6. The minimum absolute atomic E-state index is 0.111. The average molecular weight is 434 g/mol. The van der Waals surface area contributed by atoms with Crippen molar-refractivity contribution in [3.63, 3.8) is 0 Å². The Morgan fingerprint density at radius 1 is 0.875 bits per heavy atom. The lowest BCUT2D eigenvalue weighted by Gasteiger charge is -2.20. The SMILES string of the molecule is COc1ccccc1Nc1cc(NC(=O)OC(C)(C)C)nc(C(=O)Nc2ccccc2)c1. The molecule has 0 aliphatic rings. The van der Waals surface area contributed by atoms with Crippen molar-refractivity contribution in [2.45, 2.75) is 26.4 Å². The third kappa shape index (κ3) is 6.46. The first-order valence-electron chi connectivity index (χ1n) is 10.0. The minimum atomic E-state index is -0.676. The molecular weight excluding hydrogens is 408 g/mol. The Kier molecular flexibility index (Phi) is 6.94. The number of rotatable bonds is 6. The van der Waals surface area contributed by atoms with Gasteiger partial charge in [-0.05, 0) is 51.1 Å². The molecule has 1 heterocycles. The van der Waals surface area contributed by atoms with Crippen LogP contribution in [0.4, 0.5) is 27.7 Å². The first kappa shape index (κ1) is 22.6. The van der Waals surface area contributed by atoms with Crippen molar-refractivity contribution in [3.8, 4) is 5.75 Å². The second-order valence-electron chi connectivity index (χ2n) is 7.90. The van der Waals surface area contributed by atoms with Gasteiger partial charge < -0.3 is 20.1 Å². The van der Waals surface area contributed by atoms with Crippen LogP contribution in [-0.4, -0.2) is 29.7 Å². The highest BCUT2D eigenvalue weighted by Crippen LogP contribution is 2.28. The number of aromatic nitrogens is 1. The van der Waals surface area contributed by atoms with E-state index in [1.807, 2.05) is 42.5 Å². The summed E-state index contributed by atoms with van der Waals surface area (Å²) in [5.41, 5.74) is 1.29. The number of benzene rings is 2. The maximum Gasteiger partial charge on any atom is 0.413 e. The predicted molar refractivity (Wildman–Crippen MR) is 125 cm³/mol. The van der Waals surface area contributed by atoms with Gasteiger partial charge in [-0.15, -0.1) is 0 Å². The quantitative estimate of drug-likeness (QED) is 0.478. The Balaban J connectivity index is 1.91. The van der Waals surface area contributed by atoms with Crippen molar-refractivity contribution in [1.29, 1.82) is 0 Å². The zero-order valence-corrected chi connectivity index (χ0v) is 18.4. The van der Waals surface area contributed by atoms with Gasteiger partial charge in [-0.2, -0.15) is 0 Å². The average Bonchev–Trinajstić information content (AvgIpc) is 2.73. The van der Waals surface area contributed by atoms with Crippen LogP contribution in [0.5, 0.6) is 5.75 Å². The summed E-state index contributed by atoms with van der Waals surface area (Å²) < 4.78 is 10.7. The van der Waals surface area contributed by atoms with E-state index < -0.39 is 17.6 Å². The third-order valence-corrected chi connectivity index (χ3v) is 4.10. The molecule has 2 amide bonds. The Hall–Kier alpha value is -4.07. The molecule has 8 heteroatoms. The lowest BCUT2D eigenvalue weighted by atomic mass is 10.2. The highest BCUT2D eigenvalue weighted by Gasteiger charge is 2.18. The van der Waals surface area contributed by atoms with Crippen LogP contribution in [0, 0.1) is 0 Å². The summed E-state index contributed by atoms with van der Waals surface area (Å²) in [6.07, 6.45) is -0.672. The van der Waals surface area contributed by atoms with Crippen LogP contribution in [0.15, 0.2) is 66.7 Å². The fourth-order valence-electron chi connectivity index (χ4n) is 2.81. The summed E-state index contributed by atoms with van der Waals surface area (Å²) in [5, 5.41) is 8.59. The maximum atomic E-state index is 12.8. The topological polar surface area (TPSA) is 102 Å². The van der Waals surface area contributed by atoms with E-state index in [4.69, 9.17) is 9.47 Å². The van der Waals surface area contributed by atoms with E-state index in [-0.39, 0.29) is 11.5 Å². The number of pyridine rings is 1. The lowest BCUT2D eigenvalue weighted by molar-refractivity contribution is 0.0635. The number of methoxy groups -OCH3 is 1. The smallest absolute Gasteiger partial charge is 0.413 e. The summed E-state index contributed by atoms with van der Waals surface area (Å²) in [4.78, 5) is 29.4. The molecule has 0 aliphatic carbocycles. The standard InChI is InChI=1S/C24H26N4O4/c1-24(2,3)32-23(30)28-21-15-17(25-18-12-8-9-13-20(18)31-4)14-19(27-21)22(29)26-16-10-6-5-7-11-16/h5-15H,1-4H3,(H,26,29)(H2,25,27,28,30). The lowest BCUT2D eigenvalue weighted by Crippen LogP contribution is -2.27. The van der Waals surface area contributed by atoms with Crippen LogP contribution >= 0.6 is 0 Å². The van der Waals surface area contributed by atoms with Crippen LogP contribution in [0.2, 0.25) is 0 Å². The minimum Gasteiger partial charge on any atom is -0.495 e. The van der Waals surface area contributed by atoms with Gasteiger partial charge in [-0.25, -0.2) is 9.78 Å². The van der Waals surface area contributed by atoms with Gasteiger partial charge in [0, 0.05) is 17.4 Å². The molecule has 2 aromatic carbocycles. The number of hydrogen-bond donors (Lipinski definition) is 3. The van der Waals surface area contributed by atoms with E-state index in [9.17, 15) is 9.59 Å². The molecule has 0 unspecified atom stereocenters. The number of nitrogens with zero attached hydrogens (tertiary/aromatic N) is 1. The van der Waals surface area contributed by atoms with Gasteiger partial charge in [-0.1, -0.05) is 30.3 Å². The van der Waals surface area contributed by atoms with Crippen molar-refractivity contribution >= 4 is 34.9 Å². The monoisotopic (exact) mass is 434 g/mol. The molecule has 0 bridgehead atoms. The first-order chi connectivity index (χ1) is 15.2. The fourth-order valence-corrected chi connectivity index (χ4v) is 2.81. The van der Waals surface area contributed by atoms with Crippen molar-refractivity contribution in [1.82, 2.24) is 4.98 Å². The molecule has 8 nitrogen and oxygen atoms in total. The Morgan fingerprint density at radius 3 is 2.25 bits per heavy atom. The Morgan fingerprint density at radius 2 is 1.56 bits per heavy atom. The first-order valence-corrected chi connectivity index (χ1v) is 10.0. The van der Waals surface area contributed by atoms with E-state index in [2.05, 4.69) is 20.9 Å². The molecule has 0 fully saturated rings. The molecular formula is C24H26N4O4. The molecule has 32 heavy (non-hydrogen) atoms. The van der Waals surface area contributed by atoms with Crippen LogP contribution in [0.3, 0.4) is 0 Å². The molecule has 0 spiro atoms. The second kappa shape index (κ2) is 9.82. The molecule has 1 aromatic heterocycles. The van der Waals surface area contributed by atoms with Crippen molar-refractivity contribution in [2.24, 2.45) is 0 Å². The van der Waals surface area contributed by atoms with Gasteiger partial charge in [0.05, 0.1) is 12.8 Å². The van der Waals surface area contributed by atoms with E-state index in [1.165, 1.54) is 0 Å². The maximum absolute atomic E-state index is 12.8. The number of nitrogens with one attached hydrogen (secondary N) is 3. The number of ether oxygens (including phenoxy) is 2. The van der Waals surface area contributed by atoms with Gasteiger partial charge in [0.15, 0.2) is 0 Å². The van der Waals surface area contributed by atoms with Gasteiger partial charge in [0.2, 0.25) is 0 Å². The van der Waals surface area contributed by atoms with E-state index in [1.54, 1.807) is 52.1 Å². The van der Waals surface area contributed by atoms with Crippen LogP contribution in [0.1, 0.15) is 31.3 Å². The molecule has 0 atom stereocenters. The van der Waals surface area contributed by atoms with Crippen molar-refractivity contribution in [2.75, 3.05) is 23.1 Å². The number of carbonyl (C=O) groups is 2. The van der Waals surface area contributed by atoms with E-state index in [0.29, 0.717) is 22.8 Å². The van der Waals surface area contributed by atoms with Crippen LogP contribution in [0.25, 0.3) is 0 Å². The predicted octanol–water partition coefficient (Wildman–Crippen LogP) is 5.43. The molecule has 3 aromatic rings. The fraction of sp³-hybridized carbons (Fsp3) is 0.208. The largest absolute Gasteiger partial charge is 0.495 e. The molecule has 166 valence electrons. The Bertz CT molecular complexity index is 1090. The second-order valence-corrected chi connectivity index (χ2v) is 7.90. The number of amides is 2. The summed E-state index contributed by atoms with van der Waals surface area (Å²) >= 11 is 0. The van der Waals surface area contributed by atoms with Gasteiger partial charge in [-0.3, -0.25) is 10.1 Å². The number of anilines is 4. The zero-order valence-electron chi connectivity index (χ0n) is 18.4. The molecule has 0 saturated heterocycles. The molecule has 3 N–H and O–H groups in total. The van der Waals surface area contributed by atoms with Crippen molar-refractivity contribution < 1.29 is 19.1 Å². The van der Waals surface area contributed by atoms with Gasteiger partial charge in [0.1, 0.15) is 22.9 Å². The summed E-state index contributed by atoms with van der Waals surface area (Å²) in [7, 11) is 1.57. The molecule has 0 saturated carbocycles. The number of carbonyl (C=O) groups excluding carboxylic acids is 2. The van der Waals surface area contributed by atoms with Gasteiger partial charge in [0.25, 0.3) is 5.91 Å². The summed E-state index contributed by atoms with van der Waals surface area (Å²) in [6.45, 7) is 5.29. The van der Waals surface area contributed by atoms with Gasteiger partial charge >= 0.3 is 6.09 Å². The van der Waals surface area contributed by atoms with E-state index >= 15 is 0 Å². The molecule has 3 rings (SSSR count). The summed E-state index contributed by atoms with van der Waals surface area (Å²) in [5.74, 6) is 0.366. The number of para-hydroxylation sites is 3. The van der Waals surface area contributed by atoms with E-state index in [0.717, 1.165) is 0 Å². The third-order valence-electron chi connectivity index (χ3n) is 4.10. The highest BCUT2D eigenvalue weighted by molar-refractivity contribution is 6.04. The zero-order chi connectivity index (χ0) is 23.1. The Labute approximate surface area is 187 Å². The molecule has 0 radical (unpaired) electrons. The molecule has 0 aliphatic heterocycles. The summed E-state index contributed by atoms with van der Waals surface area (Å²) in [6, 6.07) is 19.6. The van der Waals surface area contributed by atoms with Crippen molar-refractivity contribution in [3.05, 3.63) is 72.4 Å². The normalized spacial score (nSPS) is 10.8. The van der Waals surface area contributed by atoms with Crippen LogP contribution in [-0.2, 0) is 4.74 Å².